The second kappa shape index (κ2) is 7.36. The average Bonchev–Trinajstić information content (AvgIpc) is 2.73. The van der Waals surface area contributed by atoms with Crippen molar-refractivity contribution >= 4 is 22.6 Å². The molecular formula is C21H18FN5O2. The van der Waals surface area contributed by atoms with E-state index in [1.54, 1.807) is 29.2 Å². The third kappa shape index (κ3) is 3.31. The standard InChI is InChI=1S/C21H18FN5O2/c1-13-5-6-14-19(28)16(12-24-20(14)25-13)21(29)27-9-7-26(8-10-27)18-4-2-3-17(22)15(18)11-23/h2-6,12H,7-10H2,1H3,(H,24,25,28). The largest absolute Gasteiger partial charge is 0.367 e. The van der Waals surface area contributed by atoms with E-state index in [1.165, 1.54) is 12.3 Å². The van der Waals surface area contributed by atoms with Crippen molar-refractivity contribution in [3.63, 3.8) is 0 Å². The van der Waals surface area contributed by atoms with Gasteiger partial charge in [-0.05, 0) is 31.2 Å². The minimum atomic E-state index is -0.560. The molecule has 146 valence electrons. The van der Waals surface area contributed by atoms with Gasteiger partial charge in [0.05, 0.1) is 11.1 Å². The summed E-state index contributed by atoms with van der Waals surface area (Å²) in [4.78, 5) is 36.3. The Morgan fingerprint density at radius 1 is 1.21 bits per heavy atom. The lowest BCUT2D eigenvalue weighted by molar-refractivity contribution is 0.0745. The van der Waals surface area contributed by atoms with E-state index in [0.29, 0.717) is 42.9 Å². The molecule has 0 atom stereocenters. The van der Waals surface area contributed by atoms with E-state index >= 15 is 0 Å². The highest BCUT2D eigenvalue weighted by atomic mass is 19.1. The van der Waals surface area contributed by atoms with Crippen molar-refractivity contribution < 1.29 is 9.18 Å². The molecule has 1 amide bonds. The van der Waals surface area contributed by atoms with Crippen molar-refractivity contribution in [1.29, 1.82) is 5.26 Å². The minimum Gasteiger partial charge on any atom is -0.367 e. The van der Waals surface area contributed by atoms with Crippen LogP contribution in [-0.2, 0) is 0 Å². The third-order valence-electron chi connectivity index (χ3n) is 5.12. The fourth-order valence-electron chi connectivity index (χ4n) is 3.57. The van der Waals surface area contributed by atoms with E-state index in [0.717, 1.165) is 5.69 Å². The molecule has 0 radical (unpaired) electrons. The molecule has 8 heteroatoms. The van der Waals surface area contributed by atoms with Crippen LogP contribution in [-0.4, -0.2) is 47.0 Å². The van der Waals surface area contributed by atoms with Crippen LogP contribution in [0.2, 0.25) is 0 Å². The number of pyridine rings is 2. The maximum Gasteiger partial charge on any atom is 0.259 e. The normalized spacial score (nSPS) is 14.1. The lowest BCUT2D eigenvalue weighted by Gasteiger charge is -2.36. The van der Waals surface area contributed by atoms with E-state index in [-0.39, 0.29) is 22.5 Å². The van der Waals surface area contributed by atoms with E-state index in [9.17, 15) is 19.2 Å². The van der Waals surface area contributed by atoms with Crippen LogP contribution >= 0.6 is 0 Å². The number of carbonyl (C=O) groups is 1. The predicted molar refractivity (Wildman–Crippen MR) is 106 cm³/mol. The Kier molecular flexibility index (Phi) is 4.72. The van der Waals surface area contributed by atoms with Crippen molar-refractivity contribution in [2.75, 3.05) is 31.1 Å². The Morgan fingerprint density at radius 3 is 2.69 bits per heavy atom. The van der Waals surface area contributed by atoms with Crippen LogP contribution in [0.3, 0.4) is 0 Å². The molecular weight excluding hydrogens is 373 g/mol. The second-order valence-electron chi connectivity index (χ2n) is 6.91. The Labute approximate surface area is 166 Å². The second-order valence-corrected chi connectivity index (χ2v) is 6.91. The van der Waals surface area contributed by atoms with Crippen molar-refractivity contribution in [1.82, 2.24) is 14.9 Å². The van der Waals surface area contributed by atoms with E-state index in [4.69, 9.17) is 0 Å². The monoisotopic (exact) mass is 391 g/mol. The summed E-state index contributed by atoms with van der Waals surface area (Å²) in [5.41, 5.74) is 1.46. The average molecular weight is 391 g/mol. The van der Waals surface area contributed by atoms with Crippen LogP contribution in [0.5, 0.6) is 0 Å². The third-order valence-corrected chi connectivity index (χ3v) is 5.12. The number of carbonyl (C=O) groups excluding carboxylic acids is 1. The molecule has 0 aliphatic carbocycles. The van der Waals surface area contributed by atoms with Crippen LogP contribution in [0.15, 0.2) is 41.3 Å². The molecule has 2 aromatic heterocycles. The number of aromatic nitrogens is 2. The molecule has 3 heterocycles. The first kappa shape index (κ1) is 18.6. The molecule has 1 aromatic carbocycles. The van der Waals surface area contributed by atoms with Crippen molar-refractivity contribution in [3.8, 4) is 6.07 Å². The van der Waals surface area contributed by atoms with Crippen LogP contribution in [0.4, 0.5) is 10.1 Å². The molecule has 1 N–H and O–H groups in total. The number of H-pyrrole nitrogens is 1. The zero-order chi connectivity index (χ0) is 20.5. The highest BCUT2D eigenvalue weighted by molar-refractivity contribution is 5.96. The van der Waals surface area contributed by atoms with Gasteiger partial charge in [0.2, 0.25) is 5.43 Å². The summed E-state index contributed by atoms with van der Waals surface area (Å²) in [6.45, 7) is 3.44. The fourth-order valence-corrected chi connectivity index (χ4v) is 3.57. The van der Waals surface area contributed by atoms with E-state index < -0.39 is 5.82 Å². The minimum absolute atomic E-state index is 0.000966. The molecule has 1 aliphatic heterocycles. The number of piperazine rings is 1. The first-order valence-electron chi connectivity index (χ1n) is 9.21. The molecule has 1 saturated heterocycles. The highest BCUT2D eigenvalue weighted by Gasteiger charge is 2.26. The number of halogens is 1. The van der Waals surface area contributed by atoms with Gasteiger partial charge in [0, 0.05) is 38.1 Å². The first-order chi connectivity index (χ1) is 14.0. The Morgan fingerprint density at radius 2 is 1.97 bits per heavy atom. The van der Waals surface area contributed by atoms with Gasteiger partial charge < -0.3 is 14.8 Å². The lowest BCUT2D eigenvalue weighted by Crippen LogP contribution is -2.49. The molecule has 4 rings (SSSR count). The van der Waals surface area contributed by atoms with Crippen LogP contribution in [0, 0.1) is 24.1 Å². The van der Waals surface area contributed by atoms with Gasteiger partial charge in [0.25, 0.3) is 5.91 Å². The number of rotatable bonds is 2. The number of hydrogen-bond donors (Lipinski definition) is 1. The molecule has 0 bridgehead atoms. The smallest absolute Gasteiger partial charge is 0.259 e. The summed E-state index contributed by atoms with van der Waals surface area (Å²) in [6.07, 6.45) is 1.41. The van der Waals surface area contributed by atoms with Crippen molar-refractivity contribution in [3.05, 3.63) is 69.4 Å². The lowest BCUT2D eigenvalue weighted by atomic mass is 10.1. The van der Waals surface area contributed by atoms with Gasteiger partial charge in [-0.1, -0.05) is 6.07 Å². The summed E-state index contributed by atoms with van der Waals surface area (Å²) in [5, 5.41) is 9.60. The number of aromatic amines is 1. The van der Waals surface area contributed by atoms with E-state index in [2.05, 4.69) is 9.97 Å². The molecule has 3 aromatic rings. The predicted octanol–water partition coefficient (Wildman–Crippen LogP) is 2.20. The van der Waals surface area contributed by atoms with Gasteiger partial charge in [0.1, 0.15) is 28.7 Å². The van der Waals surface area contributed by atoms with Gasteiger partial charge in [-0.15, -0.1) is 0 Å². The Hall–Kier alpha value is -3.73. The SMILES string of the molecule is Cc1ccc2c(=O)c(C(=O)N3CCN(c4cccc(F)c4C#N)CC3)c[nH]c2n1. The first-order valence-corrected chi connectivity index (χ1v) is 9.21. The zero-order valence-corrected chi connectivity index (χ0v) is 15.8. The van der Waals surface area contributed by atoms with Gasteiger partial charge in [-0.2, -0.15) is 5.26 Å². The van der Waals surface area contributed by atoms with Crippen LogP contribution in [0.1, 0.15) is 21.6 Å². The number of nitrogens with one attached hydrogen (secondary N) is 1. The number of aryl methyl sites for hydroxylation is 1. The molecule has 0 saturated carbocycles. The highest BCUT2D eigenvalue weighted by Crippen LogP contribution is 2.24. The quantitative estimate of drug-likeness (QED) is 0.723. The van der Waals surface area contributed by atoms with Crippen LogP contribution in [0.25, 0.3) is 11.0 Å². The summed E-state index contributed by atoms with van der Waals surface area (Å²) in [5.74, 6) is -0.914. The molecule has 0 unspecified atom stereocenters. The van der Waals surface area contributed by atoms with Crippen molar-refractivity contribution in [2.24, 2.45) is 0 Å². The molecule has 1 aliphatic rings. The number of benzene rings is 1. The Bertz CT molecular complexity index is 1210. The maximum atomic E-state index is 13.9. The summed E-state index contributed by atoms with van der Waals surface area (Å²) in [7, 11) is 0. The van der Waals surface area contributed by atoms with Gasteiger partial charge in [-0.25, -0.2) is 9.37 Å². The molecule has 0 spiro atoms. The van der Waals surface area contributed by atoms with E-state index in [1.807, 2.05) is 17.9 Å². The maximum absolute atomic E-state index is 13.9. The number of nitrogens with zero attached hydrogens (tertiary/aromatic N) is 4. The van der Waals surface area contributed by atoms with Gasteiger partial charge >= 0.3 is 0 Å². The topological polar surface area (TPSA) is 93.1 Å². The zero-order valence-electron chi connectivity index (χ0n) is 15.8. The number of fused-ring (bicyclic) bond motifs is 1. The molecule has 7 nitrogen and oxygen atoms in total. The number of amides is 1. The number of nitriles is 1. The molecule has 29 heavy (non-hydrogen) atoms. The molecule has 1 fully saturated rings. The van der Waals surface area contributed by atoms with Crippen molar-refractivity contribution in [2.45, 2.75) is 6.92 Å². The number of hydrogen-bond acceptors (Lipinski definition) is 5. The summed E-state index contributed by atoms with van der Waals surface area (Å²) >= 11 is 0. The van der Waals surface area contributed by atoms with Gasteiger partial charge in [-0.3, -0.25) is 9.59 Å². The Balaban J connectivity index is 1.54. The summed E-state index contributed by atoms with van der Waals surface area (Å²) < 4.78 is 13.9. The number of anilines is 1. The fraction of sp³-hybridized carbons (Fsp3) is 0.238. The summed E-state index contributed by atoms with van der Waals surface area (Å²) in [6, 6.07) is 9.81. The van der Waals surface area contributed by atoms with Gasteiger partial charge in [0.15, 0.2) is 0 Å². The van der Waals surface area contributed by atoms with Crippen LogP contribution < -0.4 is 10.3 Å².